The number of furan rings is 1. The molecule has 284 valence electrons. The Morgan fingerprint density at radius 2 is 1.41 bits per heavy atom. The Labute approximate surface area is 341 Å². The van der Waals surface area contributed by atoms with Crippen LogP contribution < -0.4 is 14.3 Å². The number of imidazole rings is 1. The zero-order valence-corrected chi connectivity index (χ0v) is 35.7. The first-order valence-electron chi connectivity index (χ1n) is 20.9. The van der Waals surface area contributed by atoms with Gasteiger partial charge < -0.3 is 4.42 Å². The van der Waals surface area contributed by atoms with Crippen molar-refractivity contribution in [3.63, 3.8) is 0 Å². The molecule has 11 rings (SSSR count). The van der Waals surface area contributed by atoms with Gasteiger partial charge in [-0.15, -0.1) is 9.13 Å². The molecule has 2 aliphatic heterocycles. The van der Waals surface area contributed by atoms with Gasteiger partial charge >= 0.3 is 11.5 Å². The second-order valence-corrected chi connectivity index (χ2v) is 23.3. The van der Waals surface area contributed by atoms with Gasteiger partial charge in [0, 0.05) is 22.0 Å². The van der Waals surface area contributed by atoms with E-state index in [4.69, 9.17) is 4.42 Å². The SMILES string of the molecule is Cc1cc(C)c(-n2c3[n+](c4ccccc42)C2(c4ccc(-c5ccccc5)cc4-c4cc(CC(C)C)c([Si](C)(C)C)c[n+]42)c2ccc4c(oc5ccccc54)c2-3)c(C)c1. The Morgan fingerprint density at radius 1 is 0.707 bits per heavy atom. The lowest BCUT2D eigenvalue weighted by molar-refractivity contribution is -0.944. The number of nitrogens with zero attached hydrogens (tertiary/aromatic N) is 3. The molecule has 9 aromatic rings. The quantitative estimate of drug-likeness (QED) is 0.126. The molecule has 0 radical (unpaired) electrons. The molecule has 2 aliphatic rings. The molecule has 58 heavy (non-hydrogen) atoms. The summed E-state index contributed by atoms with van der Waals surface area (Å²) < 4.78 is 15.0. The third-order valence-electron chi connectivity index (χ3n) is 12.9. The lowest BCUT2D eigenvalue weighted by atomic mass is 9.87. The van der Waals surface area contributed by atoms with E-state index in [2.05, 4.69) is 202 Å². The van der Waals surface area contributed by atoms with Crippen molar-refractivity contribution in [2.45, 2.75) is 66.3 Å². The lowest BCUT2D eigenvalue weighted by Crippen LogP contribution is -2.72. The summed E-state index contributed by atoms with van der Waals surface area (Å²) in [7, 11) is -1.85. The second kappa shape index (κ2) is 12.2. The number of pyridine rings is 1. The van der Waals surface area contributed by atoms with Crippen molar-refractivity contribution < 1.29 is 13.6 Å². The molecule has 5 heterocycles. The third kappa shape index (κ3) is 4.68. The van der Waals surface area contributed by atoms with Gasteiger partial charge in [0.1, 0.15) is 16.8 Å². The van der Waals surface area contributed by atoms with Crippen molar-refractivity contribution in [3.05, 3.63) is 167 Å². The number of aromatic nitrogens is 3. The van der Waals surface area contributed by atoms with Crippen molar-refractivity contribution in [1.82, 2.24) is 4.57 Å². The second-order valence-electron chi connectivity index (χ2n) is 18.3. The van der Waals surface area contributed by atoms with Gasteiger partial charge in [0.2, 0.25) is 5.69 Å². The largest absolute Gasteiger partial charge is 0.455 e. The molecule has 0 saturated heterocycles. The van der Waals surface area contributed by atoms with Gasteiger partial charge in [-0.2, -0.15) is 4.57 Å². The Balaban J connectivity index is 1.38. The van der Waals surface area contributed by atoms with Gasteiger partial charge in [-0.1, -0.05) is 118 Å². The van der Waals surface area contributed by atoms with Crippen LogP contribution in [0.3, 0.4) is 0 Å². The maximum atomic E-state index is 7.09. The summed E-state index contributed by atoms with van der Waals surface area (Å²) in [6, 6.07) is 47.7. The molecule has 1 unspecified atom stereocenters. The van der Waals surface area contributed by atoms with E-state index in [1.54, 1.807) is 0 Å². The molecule has 0 bridgehead atoms. The van der Waals surface area contributed by atoms with Crippen LogP contribution >= 0.6 is 0 Å². The third-order valence-corrected chi connectivity index (χ3v) is 14.9. The summed E-state index contributed by atoms with van der Waals surface area (Å²) >= 11 is 0. The predicted molar refractivity (Wildman–Crippen MR) is 241 cm³/mol. The van der Waals surface area contributed by atoms with E-state index < -0.39 is 13.7 Å². The topological polar surface area (TPSA) is 25.8 Å². The van der Waals surface area contributed by atoms with Crippen LogP contribution in [0.5, 0.6) is 0 Å². The smallest absolute Gasteiger partial charge is 0.364 e. The van der Waals surface area contributed by atoms with Gasteiger partial charge in [-0.05, 0) is 103 Å². The summed E-state index contributed by atoms with van der Waals surface area (Å²) in [4.78, 5) is 0. The standard InChI is InChI=1S/C53H49N3OSi/c1-32(2)26-38-30-46-41-29-37(36-16-10-9-11-17-36)22-24-42(41)53(54(46)31-48(38)58(6,7)8)43-25-23-40-39-18-12-15-21-47(39)57-51(40)49(43)52-55(44-19-13-14-20-45(44)56(52)53)50-34(4)27-33(3)28-35(50)5/h9-25,27-32H,26H2,1-8H3/q+2. The van der Waals surface area contributed by atoms with E-state index in [1.807, 2.05) is 0 Å². The molecule has 6 aromatic carbocycles. The molecular weight excluding hydrogens is 723 g/mol. The van der Waals surface area contributed by atoms with Gasteiger partial charge in [0.15, 0.2) is 22.8 Å². The number of fused-ring (bicyclic) bond motifs is 16. The van der Waals surface area contributed by atoms with Crippen molar-refractivity contribution in [3.8, 4) is 39.5 Å². The molecule has 1 atom stereocenters. The minimum Gasteiger partial charge on any atom is -0.455 e. The Hall–Kier alpha value is -6.04. The molecule has 4 nitrogen and oxygen atoms in total. The van der Waals surface area contributed by atoms with Crippen LogP contribution in [0.2, 0.25) is 19.6 Å². The van der Waals surface area contributed by atoms with Crippen LogP contribution in [-0.4, -0.2) is 12.6 Å². The molecule has 3 aromatic heterocycles. The van der Waals surface area contributed by atoms with E-state index in [0.29, 0.717) is 5.92 Å². The molecule has 5 heteroatoms. The number of hydrogen-bond acceptors (Lipinski definition) is 1. The zero-order valence-electron chi connectivity index (χ0n) is 34.7. The molecule has 0 aliphatic carbocycles. The average Bonchev–Trinajstić information content (AvgIpc) is 3.90. The van der Waals surface area contributed by atoms with Gasteiger partial charge in [-0.3, -0.25) is 0 Å². The summed E-state index contributed by atoms with van der Waals surface area (Å²) in [5.41, 5.74) is 18.7. The number of hydrogen-bond donors (Lipinski definition) is 0. The highest BCUT2D eigenvalue weighted by Gasteiger charge is 2.67. The lowest BCUT2D eigenvalue weighted by Gasteiger charge is -2.24. The zero-order chi connectivity index (χ0) is 39.8. The minimum atomic E-state index is -1.85. The van der Waals surface area contributed by atoms with Crippen molar-refractivity contribution in [1.29, 1.82) is 0 Å². The first kappa shape index (κ1) is 35.1. The number of para-hydroxylation sites is 3. The normalized spacial score (nSPS) is 15.5. The predicted octanol–water partition coefficient (Wildman–Crippen LogP) is 11.7. The Morgan fingerprint density at radius 3 is 2.17 bits per heavy atom. The van der Waals surface area contributed by atoms with Crippen LogP contribution in [0.25, 0.3) is 72.4 Å². The van der Waals surface area contributed by atoms with Gasteiger partial charge in [0.05, 0.1) is 24.8 Å². The number of benzene rings is 6. The first-order valence-corrected chi connectivity index (χ1v) is 24.4. The van der Waals surface area contributed by atoms with E-state index in [-0.39, 0.29) is 0 Å². The highest BCUT2D eigenvalue weighted by molar-refractivity contribution is 6.89. The summed E-state index contributed by atoms with van der Waals surface area (Å²) in [6.07, 6.45) is 3.64. The van der Waals surface area contributed by atoms with Gasteiger partial charge in [-0.25, -0.2) is 0 Å². The fourth-order valence-electron chi connectivity index (χ4n) is 10.8. The first-order chi connectivity index (χ1) is 28.0. The van der Waals surface area contributed by atoms with Crippen LogP contribution in [0, 0.1) is 26.7 Å². The Bertz CT molecular complexity index is 3170. The minimum absolute atomic E-state index is 0.539. The fraction of sp³-hybridized carbons (Fsp3) is 0.208. The highest BCUT2D eigenvalue weighted by atomic mass is 28.3. The number of aryl methyl sites for hydroxylation is 3. The van der Waals surface area contributed by atoms with Crippen molar-refractivity contribution in [2.75, 3.05) is 0 Å². The summed E-state index contributed by atoms with van der Waals surface area (Å²) in [5, 5.41) is 3.81. The van der Waals surface area contributed by atoms with Crippen molar-refractivity contribution >= 4 is 46.2 Å². The average molecular weight is 772 g/mol. The fourth-order valence-corrected chi connectivity index (χ4v) is 12.4. The van der Waals surface area contributed by atoms with E-state index >= 15 is 0 Å². The monoisotopic (exact) mass is 771 g/mol. The van der Waals surface area contributed by atoms with E-state index in [0.717, 1.165) is 39.7 Å². The maximum Gasteiger partial charge on any atom is 0.364 e. The molecule has 0 fully saturated rings. The maximum absolute atomic E-state index is 7.09. The van der Waals surface area contributed by atoms with Gasteiger partial charge in [0.25, 0.3) is 0 Å². The number of rotatable bonds is 5. The molecule has 0 amide bonds. The Kier molecular flexibility index (Phi) is 7.41. The summed E-state index contributed by atoms with van der Waals surface area (Å²) in [5.74, 6) is 1.69. The molecule has 1 spiro atoms. The summed E-state index contributed by atoms with van der Waals surface area (Å²) in [6.45, 7) is 19.0. The van der Waals surface area contributed by atoms with Crippen molar-refractivity contribution in [2.24, 2.45) is 5.92 Å². The molecular formula is C53H49N3OSi+2. The van der Waals surface area contributed by atoms with Crippen LogP contribution in [0.4, 0.5) is 0 Å². The van der Waals surface area contributed by atoms with Crippen LogP contribution in [0.1, 0.15) is 47.2 Å². The van der Waals surface area contributed by atoms with Crippen LogP contribution in [-0.2, 0) is 12.1 Å². The molecule has 0 N–H and O–H groups in total. The highest BCUT2D eigenvalue weighted by Crippen LogP contribution is 2.53. The van der Waals surface area contributed by atoms with E-state index in [1.165, 1.54) is 77.7 Å². The molecule has 0 saturated carbocycles. The van der Waals surface area contributed by atoms with E-state index in [9.17, 15) is 0 Å². The van der Waals surface area contributed by atoms with Crippen LogP contribution in [0.15, 0.2) is 138 Å².